The Balaban J connectivity index is 1.48. The molecule has 12 heteroatoms. The quantitative estimate of drug-likeness (QED) is 0.424. The molecule has 11 nitrogen and oxygen atoms in total. The van der Waals surface area contributed by atoms with Crippen LogP contribution in [-0.4, -0.2) is 93.4 Å². The third-order valence-electron chi connectivity index (χ3n) is 7.94. The summed E-state index contributed by atoms with van der Waals surface area (Å²) in [5.74, 6) is 0.468. The van der Waals surface area contributed by atoms with E-state index in [1.54, 1.807) is 4.90 Å². The topological polar surface area (TPSA) is 124 Å². The molecule has 2 aliphatic heterocycles. The maximum Gasteiger partial charge on any atom is 0.404 e. The minimum absolute atomic E-state index is 0.0612. The van der Waals surface area contributed by atoms with Crippen molar-refractivity contribution in [2.45, 2.75) is 59.5 Å². The second kappa shape index (κ2) is 12.3. The largest absolute Gasteiger partial charge is 0.465 e. The molecule has 0 bridgehead atoms. The van der Waals surface area contributed by atoms with E-state index in [9.17, 15) is 14.0 Å². The summed E-state index contributed by atoms with van der Waals surface area (Å²) in [6, 6.07) is 4.13. The van der Waals surface area contributed by atoms with E-state index in [0.29, 0.717) is 30.9 Å². The van der Waals surface area contributed by atoms with Crippen molar-refractivity contribution in [3.8, 4) is 11.6 Å². The van der Waals surface area contributed by atoms with Crippen LogP contribution in [0.4, 0.5) is 15.0 Å². The lowest BCUT2D eigenvalue weighted by atomic mass is 9.76. The summed E-state index contributed by atoms with van der Waals surface area (Å²) in [4.78, 5) is 34.8. The zero-order chi connectivity index (χ0) is 29.0. The molecule has 1 atom stereocenters. The first-order valence-electron chi connectivity index (χ1n) is 14.0. The van der Waals surface area contributed by atoms with Gasteiger partial charge in [0.25, 0.3) is 11.8 Å². The van der Waals surface area contributed by atoms with Crippen LogP contribution in [0.3, 0.4) is 0 Å². The Kier molecular flexibility index (Phi) is 9.07. The monoisotopic (exact) mass is 557 g/mol. The van der Waals surface area contributed by atoms with Crippen LogP contribution in [0, 0.1) is 17.2 Å². The fourth-order valence-electron chi connectivity index (χ4n) is 5.99. The number of benzene rings is 1. The molecule has 1 spiro atoms. The number of rotatable bonds is 11. The number of carbonyl (C=O) groups excluding carboxylic acids is 1. The van der Waals surface area contributed by atoms with Crippen molar-refractivity contribution < 1.29 is 23.8 Å². The number of halogens is 1. The summed E-state index contributed by atoms with van der Waals surface area (Å²) in [7, 11) is 0. The second-order valence-electron chi connectivity index (χ2n) is 11.4. The number of anilines is 1. The van der Waals surface area contributed by atoms with Gasteiger partial charge >= 0.3 is 6.09 Å². The Morgan fingerprint density at radius 3 is 2.62 bits per heavy atom. The molecule has 218 valence electrons. The molecule has 1 aromatic heterocycles. The van der Waals surface area contributed by atoms with Crippen molar-refractivity contribution in [1.29, 1.82) is 0 Å². The van der Waals surface area contributed by atoms with Gasteiger partial charge in [-0.15, -0.1) is 10.2 Å². The van der Waals surface area contributed by atoms with Gasteiger partial charge in [-0.25, -0.2) is 14.2 Å². The molecule has 4 rings (SSSR count). The Morgan fingerprint density at radius 2 is 1.98 bits per heavy atom. The summed E-state index contributed by atoms with van der Waals surface area (Å²) >= 11 is 0. The summed E-state index contributed by atoms with van der Waals surface area (Å²) in [6.07, 6.45) is 2.12. The Bertz CT molecular complexity index is 1200. The van der Waals surface area contributed by atoms with Crippen LogP contribution in [0.5, 0.6) is 11.6 Å². The van der Waals surface area contributed by atoms with Crippen molar-refractivity contribution in [2.75, 3.05) is 44.2 Å². The fourth-order valence-corrected chi connectivity index (χ4v) is 5.99. The molecule has 3 heterocycles. The minimum atomic E-state index is -0.995. The predicted octanol–water partition coefficient (Wildman–Crippen LogP) is 3.87. The van der Waals surface area contributed by atoms with E-state index in [2.05, 4.69) is 44.1 Å². The first-order chi connectivity index (χ1) is 19.0. The van der Waals surface area contributed by atoms with Gasteiger partial charge in [0.05, 0.1) is 5.56 Å². The number of ether oxygens (including phenoxy) is 1. The molecule has 40 heavy (non-hydrogen) atoms. The highest BCUT2D eigenvalue weighted by molar-refractivity contribution is 5.97. The van der Waals surface area contributed by atoms with Crippen molar-refractivity contribution in [3.63, 3.8) is 0 Å². The van der Waals surface area contributed by atoms with Crippen LogP contribution in [0.2, 0.25) is 0 Å². The van der Waals surface area contributed by atoms with Crippen LogP contribution < -0.4 is 15.0 Å². The summed E-state index contributed by atoms with van der Waals surface area (Å²) in [5, 5.41) is 19.5. The number of hydrogen-bond acceptors (Lipinski definition) is 8. The zero-order valence-corrected chi connectivity index (χ0v) is 23.9. The molecule has 2 N–H and O–H groups in total. The maximum absolute atomic E-state index is 14.2. The third kappa shape index (κ3) is 6.43. The van der Waals surface area contributed by atoms with E-state index in [0.717, 1.165) is 39.0 Å². The van der Waals surface area contributed by atoms with E-state index in [1.165, 1.54) is 24.5 Å². The molecule has 1 aromatic carbocycles. The Labute approximate surface area is 234 Å². The third-order valence-corrected chi connectivity index (χ3v) is 7.94. The smallest absolute Gasteiger partial charge is 0.404 e. The van der Waals surface area contributed by atoms with Gasteiger partial charge in [-0.2, -0.15) is 0 Å². The summed E-state index contributed by atoms with van der Waals surface area (Å²) < 4.78 is 20.3. The second-order valence-corrected chi connectivity index (χ2v) is 11.4. The van der Waals surface area contributed by atoms with Crippen molar-refractivity contribution >= 4 is 17.8 Å². The SMILES string of the molecule is CCN(C(=O)c1cc(F)ccc1Oc1nncnc1N1CCC2(C1)CN(C(CCNC(=O)O)C(C)C)C2)C(C)C. The van der Waals surface area contributed by atoms with Crippen LogP contribution in [0.25, 0.3) is 0 Å². The highest BCUT2D eigenvalue weighted by Crippen LogP contribution is 2.44. The average molecular weight is 558 g/mol. The number of carboxylic acid groups (broad SMARTS) is 1. The number of amides is 2. The number of likely N-dealkylation sites (tertiary alicyclic amines) is 1. The van der Waals surface area contributed by atoms with Crippen LogP contribution in [-0.2, 0) is 0 Å². The van der Waals surface area contributed by atoms with E-state index in [1.807, 2.05) is 20.8 Å². The minimum Gasteiger partial charge on any atom is -0.465 e. The van der Waals surface area contributed by atoms with Gasteiger partial charge in [-0.3, -0.25) is 9.69 Å². The lowest BCUT2D eigenvalue weighted by Gasteiger charge is -2.52. The lowest BCUT2D eigenvalue weighted by Crippen LogP contribution is -2.62. The van der Waals surface area contributed by atoms with Gasteiger partial charge in [0, 0.05) is 56.8 Å². The molecular weight excluding hydrogens is 517 g/mol. The Morgan fingerprint density at radius 1 is 1.23 bits per heavy atom. The molecule has 0 saturated carbocycles. The van der Waals surface area contributed by atoms with Crippen molar-refractivity contribution in [1.82, 2.24) is 30.3 Å². The first-order valence-corrected chi connectivity index (χ1v) is 14.0. The van der Waals surface area contributed by atoms with E-state index < -0.39 is 11.9 Å². The molecule has 0 radical (unpaired) electrons. The van der Waals surface area contributed by atoms with Crippen LogP contribution in [0.15, 0.2) is 24.5 Å². The normalized spacial score (nSPS) is 17.2. The van der Waals surface area contributed by atoms with Crippen LogP contribution in [0.1, 0.15) is 57.8 Å². The highest BCUT2D eigenvalue weighted by atomic mass is 19.1. The molecule has 2 fully saturated rings. The number of nitrogens with one attached hydrogen (secondary N) is 1. The van der Waals surface area contributed by atoms with E-state index in [-0.39, 0.29) is 34.6 Å². The fraction of sp³-hybridized carbons (Fsp3) is 0.607. The number of nitrogens with zero attached hydrogens (tertiary/aromatic N) is 6. The lowest BCUT2D eigenvalue weighted by molar-refractivity contribution is -0.0331. The van der Waals surface area contributed by atoms with Gasteiger partial charge < -0.3 is 25.0 Å². The van der Waals surface area contributed by atoms with Crippen molar-refractivity contribution in [2.24, 2.45) is 11.3 Å². The van der Waals surface area contributed by atoms with E-state index >= 15 is 0 Å². The molecule has 2 aromatic rings. The van der Waals surface area contributed by atoms with Gasteiger partial charge in [0.15, 0.2) is 5.82 Å². The van der Waals surface area contributed by atoms with E-state index in [4.69, 9.17) is 9.84 Å². The van der Waals surface area contributed by atoms with Gasteiger partial charge in [-0.1, -0.05) is 13.8 Å². The van der Waals surface area contributed by atoms with Crippen molar-refractivity contribution in [3.05, 3.63) is 35.9 Å². The molecule has 2 saturated heterocycles. The standard InChI is InChI=1S/C28H40FN7O4/c1-6-36(19(4)5)26(37)21-13-20(29)7-8-23(21)40-25-24(31-17-32-33-25)34-12-10-28(14-34)15-35(16-28)22(18(2)3)9-11-30-27(38)39/h7-8,13,17-19,22,30H,6,9-12,14-16H2,1-5H3,(H,38,39). The molecule has 2 amide bonds. The van der Waals surface area contributed by atoms with Gasteiger partial charge in [0.1, 0.15) is 17.9 Å². The predicted molar refractivity (Wildman–Crippen MR) is 148 cm³/mol. The first kappa shape index (κ1) is 29.4. The number of aromatic nitrogens is 3. The number of hydrogen-bond donors (Lipinski definition) is 2. The zero-order valence-electron chi connectivity index (χ0n) is 23.9. The molecule has 0 aliphatic carbocycles. The summed E-state index contributed by atoms with van der Waals surface area (Å²) in [5.41, 5.74) is 0.225. The average Bonchev–Trinajstić information content (AvgIpc) is 3.33. The number of carbonyl (C=O) groups is 2. The highest BCUT2D eigenvalue weighted by Gasteiger charge is 2.50. The maximum atomic E-state index is 14.2. The van der Waals surface area contributed by atoms with Gasteiger partial charge in [-0.05, 0) is 57.7 Å². The van der Waals surface area contributed by atoms with Crippen LogP contribution >= 0.6 is 0 Å². The molecular formula is C28H40FN7O4. The molecule has 2 aliphatic rings. The Hall–Kier alpha value is -3.54. The molecule has 1 unspecified atom stereocenters. The summed E-state index contributed by atoms with van der Waals surface area (Å²) in [6.45, 7) is 14.3. The van der Waals surface area contributed by atoms with Gasteiger partial charge in [0.2, 0.25) is 0 Å².